The normalized spacial score (nSPS) is 23.1. The number of carbonyl (C=O) groups is 1. The van der Waals surface area contributed by atoms with Gasteiger partial charge < -0.3 is 15.1 Å². The highest BCUT2D eigenvalue weighted by atomic mass is 16.2. The number of piperazine rings is 2. The van der Waals surface area contributed by atoms with E-state index in [2.05, 4.69) is 77.7 Å². The molecule has 2 aromatic carbocycles. The van der Waals surface area contributed by atoms with Crippen LogP contribution in [0.25, 0.3) is 0 Å². The lowest BCUT2D eigenvalue weighted by Gasteiger charge is -2.52. The predicted octanol–water partition coefficient (Wildman–Crippen LogP) is 4.58. The van der Waals surface area contributed by atoms with Gasteiger partial charge in [-0.25, -0.2) is 4.79 Å². The molecule has 3 fully saturated rings. The van der Waals surface area contributed by atoms with Gasteiger partial charge in [-0.3, -0.25) is 9.38 Å². The maximum absolute atomic E-state index is 12.9. The molecule has 0 spiro atoms. The fourth-order valence-corrected chi connectivity index (χ4v) is 6.40. The van der Waals surface area contributed by atoms with Crippen molar-refractivity contribution in [1.82, 2.24) is 19.2 Å². The van der Waals surface area contributed by atoms with Crippen molar-refractivity contribution in [2.75, 3.05) is 71.8 Å². The van der Waals surface area contributed by atoms with E-state index in [1.807, 2.05) is 11.0 Å². The first-order chi connectivity index (χ1) is 17.0. The number of nitrogens with zero attached hydrogens (tertiary/aromatic N) is 4. The summed E-state index contributed by atoms with van der Waals surface area (Å²) in [5, 5.41) is 3.21. The molecule has 0 atom stereocenters. The zero-order chi connectivity index (χ0) is 24.3. The van der Waals surface area contributed by atoms with Crippen molar-refractivity contribution in [3.8, 4) is 0 Å². The van der Waals surface area contributed by atoms with Crippen LogP contribution in [-0.4, -0.2) is 87.2 Å². The van der Waals surface area contributed by atoms with E-state index < -0.39 is 0 Å². The summed E-state index contributed by atoms with van der Waals surface area (Å²) in [6.07, 6.45) is 6.29. The van der Waals surface area contributed by atoms with E-state index in [-0.39, 0.29) is 11.6 Å². The Bertz CT molecular complexity index is 987. The third-order valence-electron chi connectivity index (χ3n) is 8.83. The number of rotatable bonds is 4. The summed E-state index contributed by atoms with van der Waals surface area (Å²) in [4.78, 5) is 19.9. The summed E-state index contributed by atoms with van der Waals surface area (Å²) in [5.74, 6) is 0. The largest absolute Gasteiger partial charge is 0.322 e. The van der Waals surface area contributed by atoms with Gasteiger partial charge in [0.25, 0.3) is 0 Å². The SMILES string of the molecule is CN1CCN(C(=O)Nc2cccc(C3(N4CC[N+](C)(c5ccccc5)CC4)CCCCC3)c2)CC1. The molecule has 1 aliphatic carbocycles. The number of hydrogen-bond acceptors (Lipinski definition) is 3. The van der Waals surface area contributed by atoms with Crippen LogP contribution >= 0.6 is 0 Å². The molecule has 2 amide bonds. The Balaban J connectivity index is 1.33. The molecular weight excluding hydrogens is 434 g/mol. The fraction of sp³-hybridized carbons (Fsp3) is 0.552. The molecule has 2 aliphatic heterocycles. The van der Waals surface area contributed by atoms with E-state index in [4.69, 9.17) is 0 Å². The zero-order valence-corrected chi connectivity index (χ0v) is 21.6. The van der Waals surface area contributed by atoms with Gasteiger partial charge in [-0.1, -0.05) is 49.6 Å². The van der Waals surface area contributed by atoms with E-state index in [0.717, 1.165) is 62.5 Å². The molecule has 0 aromatic heterocycles. The van der Waals surface area contributed by atoms with Gasteiger partial charge in [0, 0.05) is 50.5 Å². The van der Waals surface area contributed by atoms with Gasteiger partial charge in [0.05, 0.1) is 20.1 Å². The van der Waals surface area contributed by atoms with Crippen molar-refractivity contribution in [2.45, 2.75) is 37.6 Å². The Morgan fingerprint density at radius 3 is 2.23 bits per heavy atom. The van der Waals surface area contributed by atoms with E-state index in [1.165, 1.54) is 43.4 Å². The minimum Gasteiger partial charge on any atom is -0.322 e. The van der Waals surface area contributed by atoms with Crippen molar-refractivity contribution in [1.29, 1.82) is 0 Å². The fourth-order valence-electron chi connectivity index (χ4n) is 6.40. The molecule has 1 saturated carbocycles. The van der Waals surface area contributed by atoms with Crippen molar-refractivity contribution < 1.29 is 4.79 Å². The molecule has 2 saturated heterocycles. The summed E-state index contributed by atoms with van der Waals surface area (Å²) >= 11 is 0. The lowest BCUT2D eigenvalue weighted by molar-refractivity contribution is 0.0116. The van der Waals surface area contributed by atoms with Crippen LogP contribution in [0.3, 0.4) is 0 Å². The summed E-state index contributed by atoms with van der Waals surface area (Å²) in [7, 11) is 4.50. The highest BCUT2D eigenvalue weighted by molar-refractivity contribution is 5.89. The molecule has 35 heavy (non-hydrogen) atoms. The number of quaternary nitrogens is 1. The quantitative estimate of drug-likeness (QED) is 0.657. The van der Waals surface area contributed by atoms with E-state index >= 15 is 0 Å². The van der Waals surface area contributed by atoms with Gasteiger partial charge in [0.15, 0.2) is 0 Å². The van der Waals surface area contributed by atoms with Crippen LogP contribution in [0.4, 0.5) is 16.2 Å². The van der Waals surface area contributed by atoms with E-state index in [1.54, 1.807) is 0 Å². The summed E-state index contributed by atoms with van der Waals surface area (Å²) in [6, 6.07) is 19.8. The van der Waals surface area contributed by atoms with Crippen LogP contribution in [0, 0.1) is 0 Å². The number of benzene rings is 2. The monoisotopic (exact) mass is 476 g/mol. The van der Waals surface area contributed by atoms with Crippen molar-refractivity contribution in [3.05, 3.63) is 60.2 Å². The molecule has 6 nitrogen and oxygen atoms in total. The first-order valence-electron chi connectivity index (χ1n) is 13.5. The number of likely N-dealkylation sites (N-methyl/N-ethyl adjacent to an activating group) is 2. The van der Waals surface area contributed by atoms with Crippen LogP contribution in [0.1, 0.15) is 37.7 Å². The second-order valence-corrected chi connectivity index (χ2v) is 11.1. The Kier molecular flexibility index (Phi) is 7.14. The summed E-state index contributed by atoms with van der Waals surface area (Å²) < 4.78 is 1.01. The first kappa shape index (κ1) is 24.3. The number of amides is 2. The van der Waals surface area contributed by atoms with E-state index in [9.17, 15) is 4.79 Å². The van der Waals surface area contributed by atoms with Crippen LogP contribution in [0.5, 0.6) is 0 Å². The standard InChI is InChI=1S/C29H41N5O/c1-31-16-18-32(19-17-31)28(35)30-26-11-9-10-25(24-26)29(14-7-4-8-15-29)33-20-22-34(2,23-21-33)27-12-5-3-6-13-27/h3,5-6,9-13,24H,4,7-8,14-23H2,1-2H3/p+1. The second kappa shape index (κ2) is 10.3. The Morgan fingerprint density at radius 1 is 0.857 bits per heavy atom. The van der Waals surface area contributed by atoms with Gasteiger partial charge in [-0.2, -0.15) is 0 Å². The van der Waals surface area contributed by atoms with Crippen LogP contribution in [0.15, 0.2) is 54.6 Å². The van der Waals surface area contributed by atoms with Gasteiger partial charge in [-0.15, -0.1) is 0 Å². The highest BCUT2D eigenvalue weighted by Crippen LogP contribution is 2.44. The molecule has 6 heteroatoms. The summed E-state index contributed by atoms with van der Waals surface area (Å²) in [6.45, 7) is 7.91. The zero-order valence-electron chi connectivity index (χ0n) is 21.6. The van der Waals surface area contributed by atoms with Crippen molar-refractivity contribution >= 4 is 17.4 Å². The van der Waals surface area contributed by atoms with Gasteiger partial charge in [-0.05, 0) is 49.7 Å². The van der Waals surface area contributed by atoms with Crippen LogP contribution in [-0.2, 0) is 5.54 Å². The smallest absolute Gasteiger partial charge is 0.321 e. The lowest BCUT2D eigenvalue weighted by Crippen LogP contribution is -2.63. The Labute approximate surface area is 211 Å². The second-order valence-electron chi connectivity index (χ2n) is 11.1. The summed E-state index contributed by atoms with van der Waals surface area (Å²) in [5.41, 5.74) is 3.80. The maximum atomic E-state index is 12.9. The highest BCUT2D eigenvalue weighted by Gasteiger charge is 2.44. The minimum absolute atomic E-state index is 0.0295. The molecule has 5 rings (SSSR count). The molecule has 1 N–H and O–H groups in total. The predicted molar refractivity (Wildman–Crippen MR) is 145 cm³/mol. The molecule has 3 aliphatic rings. The van der Waals surface area contributed by atoms with Crippen molar-refractivity contribution in [3.63, 3.8) is 0 Å². The average Bonchev–Trinajstić information content (AvgIpc) is 2.90. The molecule has 2 heterocycles. The van der Waals surface area contributed by atoms with Gasteiger partial charge in [0.2, 0.25) is 0 Å². The Morgan fingerprint density at radius 2 is 1.54 bits per heavy atom. The number of carbonyl (C=O) groups excluding carboxylic acids is 1. The van der Waals surface area contributed by atoms with Crippen LogP contribution < -0.4 is 9.80 Å². The molecule has 0 bridgehead atoms. The van der Waals surface area contributed by atoms with E-state index in [0.29, 0.717) is 0 Å². The molecule has 188 valence electrons. The number of hydrogen-bond donors (Lipinski definition) is 1. The third kappa shape index (κ3) is 5.11. The number of para-hydroxylation sites is 1. The van der Waals surface area contributed by atoms with Crippen molar-refractivity contribution in [2.24, 2.45) is 0 Å². The molecular formula is C29H42N5O+. The number of nitrogens with one attached hydrogen (secondary N) is 1. The first-order valence-corrected chi connectivity index (χ1v) is 13.5. The third-order valence-corrected chi connectivity index (χ3v) is 8.83. The Hall–Kier alpha value is -2.41. The lowest BCUT2D eigenvalue weighted by atomic mass is 9.74. The molecule has 2 aromatic rings. The maximum Gasteiger partial charge on any atom is 0.321 e. The molecule has 0 radical (unpaired) electrons. The number of anilines is 1. The van der Waals surface area contributed by atoms with Gasteiger partial charge in [0.1, 0.15) is 5.69 Å². The topological polar surface area (TPSA) is 38.8 Å². The van der Waals surface area contributed by atoms with Crippen LogP contribution in [0.2, 0.25) is 0 Å². The minimum atomic E-state index is 0.0295. The molecule has 0 unspecified atom stereocenters. The average molecular weight is 477 g/mol. The number of urea groups is 1. The van der Waals surface area contributed by atoms with Gasteiger partial charge >= 0.3 is 6.03 Å².